The van der Waals surface area contributed by atoms with Crippen molar-refractivity contribution in [1.29, 1.82) is 5.26 Å². The Morgan fingerprint density at radius 2 is 2.16 bits per heavy atom. The topological polar surface area (TPSA) is 127 Å². The number of nitrogens with one attached hydrogen (secondary N) is 1. The minimum atomic E-state index is -0.571. The average molecular weight is 416 g/mol. The highest BCUT2D eigenvalue weighted by atomic mass is 19.1. The first kappa shape index (κ1) is 18.9. The maximum atomic E-state index is 14.7. The molecule has 0 bridgehead atoms. The van der Waals surface area contributed by atoms with Gasteiger partial charge in [0.2, 0.25) is 5.91 Å². The number of fused-ring (bicyclic) bond motifs is 2. The fourth-order valence-corrected chi connectivity index (χ4v) is 4.25. The number of amides is 2. The molecular weight excluding hydrogens is 399 g/mol. The van der Waals surface area contributed by atoms with E-state index in [2.05, 4.69) is 15.4 Å². The van der Waals surface area contributed by atoms with Crippen molar-refractivity contribution in [3.63, 3.8) is 0 Å². The molecule has 0 saturated heterocycles. The summed E-state index contributed by atoms with van der Waals surface area (Å²) in [6.45, 7) is 0.204. The maximum Gasteiger partial charge on any atom is 0.255 e. The molecule has 1 aromatic carbocycles. The van der Waals surface area contributed by atoms with Crippen molar-refractivity contribution >= 4 is 11.8 Å². The summed E-state index contributed by atoms with van der Waals surface area (Å²) in [5.74, 6) is -1.48. The van der Waals surface area contributed by atoms with Crippen LogP contribution in [0.1, 0.15) is 39.3 Å². The van der Waals surface area contributed by atoms with Gasteiger partial charge in [0, 0.05) is 18.5 Å². The van der Waals surface area contributed by atoms with Gasteiger partial charge in [-0.15, -0.1) is 0 Å². The number of benzene rings is 1. The molecule has 5 rings (SSSR count). The molecule has 1 aliphatic heterocycles. The molecule has 8 nitrogen and oxygen atoms in total. The Morgan fingerprint density at radius 1 is 1.32 bits per heavy atom. The van der Waals surface area contributed by atoms with Gasteiger partial charge in [-0.05, 0) is 36.6 Å². The van der Waals surface area contributed by atoms with Crippen LogP contribution >= 0.6 is 0 Å². The third-order valence-corrected chi connectivity index (χ3v) is 5.84. The summed E-state index contributed by atoms with van der Waals surface area (Å²) in [5.41, 5.74) is 8.97. The van der Waals surface area contributed by atoms with E-state index in [9.17, 15) is 19.2 Å². The molecule has 0 radical (unpaired) electrons. The molecule has 1 aliphatic carbocycles. The van der Waals surface area contributed by atoms with E-state index in [-0.39, 0.29) is 41.1 Å². The summed E-state index contributed by atoms with van der Waals surface area (Å²) in [4.78, 5) is 28.6. The Morgan fingerprint density at radius 3 is 2.94 bits per heavy atom. The van der Waals surface area contributed by atoms with Gasteiger partial charge in [0.1, 0.15) is 5.82 Å². The van der Waals surface area contributed by atoms with Crippen LogP contribution in [0.4, 0.5) is 4.39 Å². The number of carbonyl (C=O) groups is 2. The third-order valence-electron chi connectivity index (χ3n) is 5.84. The van der Waals surface area contributed by atoms with Crippen LogP contribution in [0.3, 0.4) is 0 Å². The number of aryl methyl sites for hydroxylation is 1. The number of primary amides is 1. The summed E-state index contributed by atoms with van der Waals surface area (Å²) in [6, 6.07) is 7.83. The van der Waals surface area contributed by atoms with Crippen molar-refractivity contribution in [3.05, 3.63) is 64.4 Å². The molecule has 3 aromatic rings. The van der Waals surface area contributed by atoms with Gasteiger partial charge in [0.05, 0.1) is 52.1 Å². The number of hydrogen-bond acceptors (Lipinski definition) is 5. The molecule has 2 aliphatic rings. The molecular formula is C22H17FN6O2. The molecule has 0 fully saturated rings. The zero-order valence-electron chi connectivity index (χ0n) is 16.4. The fraction of sp³-hybridized carbons (Fsp3) is 0.227. The van der Waals surface area contributed by atoms with Crippen LogP contribution in [0.25, 0.3) is 16.9 Å². The normalized spacial score (nSPS) is 16.9. The van der Waals surface area contributed by atoms with Crippen LogP contribution in [0.2, 0.25) is 0 Å². The van der Waals surface area contributed by atoms with Crippen molar-refractivity contribution in [2.75, 3.05) is 0 Å². The maximum absolute atomic E-state index is 14.7. The lowest BCUT2D eigenvalue weighted by Crippen LogP contribution is -2.28. The monoisotopic (exact) mass is 416 g/mol. The Kier molecular flexibility index (Phi) is 4.29. The number of aromatic nitrogens is 3. The van der Waals surface area contributed by atoms with Gasteiger partial charge < -0.3 is 11.1 Å². The summed E-state index contributed by atoms with van der Waals surface area (Å²) in [7, 11) is 0. The predicted octanol–water partition coefficient (Wildman–Crippen LogP) is 1.78. The first-order chi connectivity index (χ1) is 15.0. The van der Waals surface area contributed by atoms with Crippen LogP contribution in [0, 0.1) is 23.1 Å². The molecule has 2 amide bonds. The van der Waals surface area contributed by atoms with E-state index in [0.29, 0.717) is 36.2 Å². The van der Waals surface area contributed by atoms with Gasteiger partial charge in [-0.1, -0.05) is 6.07 Å². The van der Waals surface area contributed by atoms with Crippen molar-refractivity contribution in [1.82, 2.24) is 20.1 Å². The molecule has 154 valence electrons. The van der Waals surface area contributed by atoms with E-state index in [0.717, 1.165) is 11.3 Å². The number of nitriles is 1. The molecule has 9 heteroatoms. The third kappa shape index (κ3) is 3.04. The van der Waals surface area contributed by atoms with Gasteiger partial charge in [0.25, 0.3) is 5.91 Å². The van der Waals surface area contributed by atoms with Gasteiger partial charge >= 0.3 is 0 Å². The number of halogens is 1. The van der Waals surface area contributed by atoms with E-state index in [1.807, 2.05) is 12.3 Å². The van der Waals surface area contributed by atoms with Gasteiger partial charge in [-0.25, -0.2) is 14.1 Å². The van der Waals surface area contributed by atoms with E-state index >= 15 is 0 Å². The van der Waals surface area contributed by atoms with Crippen LogP contribution in [0.5, 0.6) is 0 Å². The number of rotatable bonds is 3. The standard InChI is InChI=1S/C22H17FN6O2/c23-14-3-1-2-12(8-24)19(14)16-7-18(20-17(27-16)9-26-22(20)31)29-10-13-5-4-11(21(25)30)6-15(13)28-29/h1-3,7,10-11H,4-6,9H2,(H2,25,30)(H,26,31). The van der Waals surface area contributed by atoms with Gasteiger partial charge in [0.15, 0.2) is 0 Å². The lowest BCUT2D eigenvalue weighted by atomic mass is 9.88. The van der Waals surface area contributed by atoms with Crippen molar-refractivity contribution in [2.45, 2.75) is 25.8 Å². The van der Waals surface area contributed by atoms with E-state index in [1.54, 1.807) is 10.7 Å². The highest BCUT2D eigenvalue weighted by Gasteiger charge is 2.30. The van der Waals surface area contributed by atoms with Crippen LogP contribution in [-0.2, 0) is 24.2 Å². The SMILES string of the molecule is N#Cc1cccc(F)c1-c1cc(-n2cc3c(n2)CC(C(N)=O)CC3)c2c(n1)CNC2=O. The Balaban J connectivity index is 1.68. The quantitative estimate of drug-likeness (QED) is 0.673. The number of nitrogens with zero attached hydrogens (tertiary/aromatic N) is 4. The lowest BCUT2D eigenvalue weighted by Gasteiger charge is -2.17. The summed E-state index contributed by atoms with van der Waals surface area (Å²) < 4.78 is 16.2. The zero-order valence-corrected chi connectivity index (χ0v) is 16.4. The minimum absolute atomic E-state index is 0.0825. The second-order valence-electron chi connectivity index (χ2n) is 7.69. The Bertz CT molecular complexity index is 1310. The molecule has 1 unspecified atom stereocenters. The van der Waals surface area contributed by atoms with Crippen LogP contribution in [0.15, 0.2) is 30.5 Å². The molecule has 0 spiro atoms. The number of hydrogen-bond donors (Lipinski definition) is 2. The van der Waals surface area contributed by atoms with Gasteiger partial charge in [-0.2, -0.15) is 10.4 Å². The molecule has 1 atom stereocenters. The first-order valence-corrected chi connectivity index (χ1v) is 9.84. The zero-order chi connectivity index (χ0) is 21.7. The molecule has 31 heavy (non-hydrogen) atoms. The second-order valence-corrected chi connectivity index (χ2v) is 7.69. The first-order valence-electron chi connectivity index (χ1n) is 9.84. The highest BCUT2D eigenvalue weighted by molar-refractivity contribution is 6.01. The molecule has 2 aromatic heterocycles. The van der Waals surface area contributed by atoms with E-state index in [4.69, 9.17) is 5.73 Å². The van der Waals surface area contributed by atoms with Crippen LogP contribution in [-0.4, -0.2) is 26.6 Å². The summed E-state index contributed by atoms with van der Waals surface area (Å²) in [5, 5.41) is 16.8. The summed E-state index contributed by atoms with van der Waals surface area (Å²) >= 11 is 0. The second kappa shape index (κ2) is 7.02. The fourth-order valence-electron chi connectivity index (χ4n) is 4.25. The van der Waals surface area contributed by atoms with Crippen molar-refractivity contribution in [2.24, 2.45) is 11.7 Å². The van der Waals surface area contributed by atoms with Crippen LogP contribution < -0.4 is 11.1 Å². The summed E-state index contributed by atoms with van der Waals surface area (Å²) in [6.07, 6.45) is 3.57. The molecule has 3 heterocycles. The Hall–Kier alpha value is -4.06. The lowest BCUT2D eigenvalue weighted by molar-refractivity contribution is -0.122. The number of pyridine rings is 1. The average Bonchev–Trinajstić information content (AvgIpc) is 3.35. The largest absolute Gasteiger partial charge is 0.369 e. The molecule has 3 N–H and O–H groups in total. The number of nitrogens with two attached hydrogens (primary N) is 1. The van der Waals surface area contributed by atoms with Gasteiger partial charge in [-0.3, -0.25) is 9.59 Å². The highest BCUT2D eigenvalue weighted by Crippen LogP contribution is 2.32. The minimum Gasteiger partial charge on any atom is -0.369 e. The predicted molar refractivity (Wildman–Crippen MR) is 107 cm³/mol. The molecule has 0 saturated carbocycles. The Labute approximate surface area is 176 Å². The van der Waals surface area contributed by atoms with Crippen molar-refractivity contribution in [3.8, 4) is 23.0 Å². The van der Waals surface area contributed by atoms with Crippen molar-refractivity contribution < 1.29 is 14.0 Å². The smallest absolute Gasteiger partial charge is 0.255 e. The number of carbonyl (C=O) groups excluding carboxylic acids is 2. The van der Waals surface area contributed by atoms with E-state index in [1.165, 1.54) is 18.2 Å². The van der Waals surface area contributed by atoms with E-state index < -0.39 is 5.82 Å².